The fourth-order valence-electron chi connectivity index (χ4n) is 4.46. The lowest BCUT2D eigenvalue weighted by Gasteiger charge is -2.34. The first kappa shape index (κ1) is 18.0. The summed E-state index contributed by atoms with van der Waals surface area (Å²) in [6.07, 6.45) is 5.35. The van der Waals surface area contributed by atoms with Crippen LogP contribution in [0.15, 0.2) is 48.7 Å². The van der Waals surface area contributed by atoms with Crippen molar-refractivity contribution >= 4 is 11.7 Å². The van der Waals surface area contributed by atoms with Gasteiger partial charge in [0.25, 0.3) is 11.7 Å². The number of piperazine rings is 1. The van der Waals surface area contributed by atoms with E-state index >= 15 is 0 Å². The van der Waals surface area contributed by atoms with Crippen LogP contribution in [0.25, 0.3) is 0 Å². The van der Waals surface area contributed by atoms with Crippen LogP contribution in [0, 0.1) is 0 Å². The first-order valence-corrected chi connectivity index (χ1v) is 10.1. The van der Waals surface area contributed by atoms with Crippen LogP contribution in [0.2, 0.25) is 0 Å². The number of carbonyl (C=O) groups is 1. The summed E-state index contributed by atoms with van der Waals surface area (Å²) in [6, 6.07) is 15.0. The van der Waals surface area contributed by atoms with Crippen molar-refractivity contribution in [1.29, 1.82) is 0 Å². The van der Waals surface area contributed by atoms with Crippen LogP contribution in [0.1, 0.15) is 30.0 Å². The van der Waals surface area contributed by atoms with Crippen molar-refractivity contribution in [3.63, 3.8) is 0 Å². The zero-order valence-corrected chi connectivity index (χ0v) is 16.2. The van der Waals surface area contributed by atoms with Gasteiger partial charge in [-0.3, -0.25) is 9.69 Å². The normalized spacial score (nSPS) is 20.2. The van der Waals surface area contributed by atoms with E-state index in [0.717, 1.165) is 39.0 Å². The maximum absolute atomic E-state index is 13.0. The molecule has 27 heavy (non-hydrogen) atoms. The van der Waals surface area contributed by atoms with E-state index in [2.05, 4.69) is 46.3 Å². The highest BCUT2D eigenvalue weighted by molar-refractivity contribution is 5.77. The van der Waals surface area contributed by atoms with Gasteiger partial charge in [0.1, 0.15) is 26.2 Å². The molecule has 0 saturated carbocycles. The van der Waals surface area contributed by atoms with Gasteiger partial charge in [-0.1, -0.05) is 30.3 Å². The Labute approximate surface area is 161 Å². The molecule has 1 saturated heterocycles. The summed E-state index contributed by atoms with van der Waals surface area (Å²) in [5.41, 5.74) is 2.76. The van der Waals surface area contributed by atoms with Gasteiger partial charge in [0, 0.05) is 13.1 Å². The maximum Gasteiger partial charge on any atom is 0.278 e. The SMILES string of the molecule is CN(C(=O)C[NH+]1CCN(c2cccc[nH+]2)CC1)[C@@H]1CCCc2ccccc21. The van der Waals surface area contributed by atoms with E-state index < -0.39 is 0 Å². The number of pyridine rings is 1. The number of fused-ring (bicyclic) bond motifs is 1. The molecule has 2 aliphatic rings. The average Bonchev–Trinajstić information content (AvgIpc) is 2.74. The highest BCUT2D eigenvalue weighted by Crippen LogP contribution is 2.33. The second kappa shape index (κ2) is 8.09. The lowest BCUT2D eigenvalue weighted by molar-refractivity contribution is -0.892. The molecule has 1 aromatic carbocycles. The van der Waals surface area contributed by atoms with Crippen LogP contribution in [-0.2, 0) is 11.2 Å². The highest BCUT2D eigenvalue weighted by Gasteiger charge is 2.31. The summed E-state index contributed by atoms with van der Waals surface area (Å²) in [7, 11) is 1.99. The molecule has 0 spiro atoms. The number of likely N-dealkylation sites (N-methyl/N-ethyl adjacent to an activating group) is 1. The number of amides is 1. The van der Waals surface area contributed by atoms with Crippen molar-refractivity contribution < 1.29 is 14.7 Å². The smallest absolute Gasteiger partial charge is 0.278 e. The quantitative estimate of drug-likeness (QED) is 0.867. The number of aromatic nitrogens is 1. The number of aryl methyl sites for hydroxylation is 1. The van der Waals surface area contributed by atoms with Crippen molar-refractivity contribution in [3.8, 4) is 0 Å². The second-order valence-electron chi connectivity index (χ2n) is 7.77. The molecule has 5 heteroatoms. The van der Waals surface area contributed by atoms with Gasteiger partial charge in [-0.25, -0.2) is 4.98 Å². The molecule has 1 fully saturated rings. The number of rotatable bonds is 4. The summed E-state index contributed by atoms with van der Waals surface area (Å²) < 4.78 is 0. The van der Waals surface area contributed by atoms with E-state index in [9.17, 15) is 4.79 Å². The average molecular weight is 367 g/mol. The standard InChI is InChI=1S/C22H28N4O/c1-24(20-10-6-8-18-7-2-3-9-19(18)20)22(27)17-25-13-15-26(16-14-25)21-11-4-5-12-23-21/h2-5,7,9,11-12,20H,6,8,10,13-17H2,1H3/p+2/t20-/m1/s1. The monoisotopic (exact) mass is 366 g/mol. The predicted molar refractivity (Wildman–Crippen MR) is 106 cm³/mol. The molecule has 1 aliphatic carbocycles. The molecule has 2 N–H and O–H groups in total. The first-order chi connectivity index (χ1) is 13.2. The van der Waals surface area contributed by atoms with Crippen LogP contribution >= 0.6 is 0 Å². The number of aromatic amines is 1. The topological polar surface area (TPSA) is 42.1 Å². The maximum atomic E-state index is 13.0. The number of anilines is 1. The Balaban J connectivity index is 1.34. The third kappa shape index (κ3) is 3.98. The Hall–Kier alpha value is -2.40. The summed E-state index contributed by atoms with van der Waals surface area (Å²) in [5.74, 6) is 1.44. The van der Waals surface area contributed by atoms with Gasteiger partial charge in [0.2, 0.25) is 0 Å². The Bertz CT molecular complexity index is 771. The third-order valence-corrected chi connectivity index (χ3v) is 6.10. The molecule has 1 amide bonds. The van der Waals surface area contributed by atoms with E-state index in [0.29, 0.717) is 6.54 Å². The van der Waals surface area contributed by atoms with Crippen molar-refractivity contribution in [1.82, 2.24) is 4.90 Å². The van der Waals surface area contributed by atoms with Gasteiger partial charge in [-0.05, 0) is 36.5 Å². The van der Waals surface area contributed by atoms with Gasteiger partial charge in [-0.2, -0.15) is 0 Å². The Morgan fingerprint density at radius 3 is 2.74 bits per heavy atom. The number of hydrogen-bond acceptors (Lipinski definition) is 2. The molecule has 1 aliphatic heterocycles. The van der Waals surface area contributed by atoms with E-state index in [1.54, 1.807) is 0 Å². The minimum atomic E-state index is 0.238. The summed E-state index contributed by atoms with van der Waals surface area (Å²) in [4.78, 5) is 22.0. The Kier molecular flexibility index (Phi) is 5.39. The molecule has 1 atom stereocenters. The number of nitrogens with zero attached hydrogens (tertiary/aromatic N) is 2. The summed E-state index contributed by atoms with van der Waals surface area (Å²) in [5, 5.41) is 0. The largest absolute Gasteiger partial charge is 0.334 e. The van der Waals surface area contributed by atoms with Crippen molar-refractivity contribution in [2.45, 2.75) is 25.3 Å². The van der Waals surface area contributed by atoms with Crippen molar-refractivity contribution in [3.05, 3.63) is 59.8 Å². The predicted octanol–water partition coefficient (Wildman–Crippen LogP) is 0.742. The fourth-order valence-corrected chi connectivity index (χ4v) is 4.46. The molecule has 0 unspecified atom stereocenters. The minimum Gasteiger partial charge on any atom is -0.334 e. The number of nitrogens with one attached hydrogen (secondary N) is 2. The zero-order chi connectivity index (χ0) is 18.6. The highest BCUT2D eigenvalue weighted by atomic mass is 16.2. The lowest BCUT2D eigenvalue weighted by Crippen LogP contribution is -3.16. The lowest BCUT2D eigenvalue weighted by atomic mass is 9.87. The van der Waals surface area contributed by atoms with E-state index in [1.807, 2.05) is 24.2 Å². The van der Waals surface area contributed by atoms with Crippen LogP contribution < -0.4 is 14.8 Å². The van der Waals surface area contributed by atoms with Crippen LogP contribution in [0.4, 0.5) is 5.82 Å². The van der Waals surface area contributed by atoms with E-state index in [1.165, 1.54) is 28.3 Å². The molecule has 2 heterocycles. The molecule has 0 radical (unpaired) electrons. The number of hydrogen-bond donors (Lipinski definition) is 1. The first-order valence-electron chi connectivity index (χ1n) is 10.1. The molecule has 2 aromatic rings. The van der Waals surface area contributed by atoms with Crippen molar-refractivity contribution in [2.24, 2.45) is 0 Å². The fraction of sp³-hybridized carbons (Fsp3) is 0.455. The molecule has 5 nitrogen and oxygen atoms in total. The second-order valence-corrected chi connectivity index (χ2v) is 7.77. The zero-order valence-electron chi connectivity index (χ0n) is 16.2. The third-order valence-electron chi connectivity index (χ3n) is 6.10. The molecule has 0 bridgehead atoms. The van der Waals surface area contributed by atoms with Gasteiger partial charge >= 0.3 is 0 Å². The van der Waals surface area contributed by atoms with Gasteiger partial charge in [0.15, 0.2) is 6.54 Å². The number of quaternary nitrogens is 1. The molecule has 4 rings (SSSR count). The molecule has 1 aromatic heterocycles. The summed E-state index contributed by atoms with van der Waals surface area (Å²) in [6.45, 7) is 4.58. The van der Waals surface area contributed by atoms with Gasteiger partial charge in [-0.15, -0.1) is 0 Å². The Morgan fingerprint density at radius 2 is 1.96 bits per heavy atom. The van der Waals surface area contributed by atoms with E-state index in [-0.39, 0.29) is 11.9 Å². The van der Waals surface area contributed by atoms with Gasteiger partial charge in [0.05, 0.1) is 12.2 Å². The van der Waals surface area contributed by atoms with E-state index in [4.69, 9.17) is 0 Å². The van der Waals surface area contributed by atoms with Gasteiger partial charge < -0.3 is 9.80 Å². The number of H-pyrrole nitrogens is 1. The van der Waals surface area contributed by atoms with Crippen LogP contribution in [-0.4, -0.2) is 50.6 Å². The summed E-state index contributed by atoms with van der Waals surface area (Å²) >= 11 is 0. The number of carbonyl (C=O) groups excluding carboxylic acids is 1. The van der Waals surface area contributed by atoms with Crippen molar-refractivity contribution in [2.75, 3.05) is 44.7 Å². The van der Waals surface area contributed by atoms with Crippen LogP contribution in [0.3, 0.4) is 0 Å². The molecular weight excluding hydrogens is 336 g/mol. The molecular formula is C22H30N4O+2. The minimum absolute atomic E-state index is 0.238. The Morgan fingerprint density at radius 1 is 1.19 bits per heavy atom. The van der Waals surface area contributed by atoms with Crippen LogP contribution in [0.5, 0.6) is 0 Å². The number of benzene rings is 1. The molecule has 142 valence electrons.